The Morgan fingerprint density at radius 2 is 2.04 bits per heavy atom. The Bertz CT molecular complexity index is 784. The Balaban J connectivity index is 2.10. The summed E-state index contributed by atoms with van der Waals surface area (Å²) in [6.07, 6.45) is 2.31. The lowest BCUT2D eigenvalue weighted by Gasteiger charge is -2.09. The summed E-state index contributed by atoms with van der Waals surface area (Å²) in [7, 11) is 0. The SMILES string of the molecule is CSc1ccc([N+](=O)[O-])c(C(=O)NCCc2cccc(Cl)c2Cl)c1. The molecule has 24 heavy (non-hydrogen) atoms. The van der Waals surface area contributed by atoms with Gasteiger partial charge < -0.3 is 5.32 Å². The monoisotopic (exact) mass is 384 g/mol. The fraction of sp³-hybridized carbons (Fsp3) is 0.188. The van der Waals surface area contributed by atoms with E-state index in [1.807, 2.05) is 12.3 Å². The van der Waals surface area contributed by atoms with Crippen molar-refractivity contribution in [3.8, 4) is 0 Å². The van der Waals surface area contributed by atoms with Crippen LogP contribution in [0.15, 0.2) is 41.3 Å². The number of hydrogen-bond donors (Lipinski definition) is 1. The van der Waals surface area contributed by atoms with Crippen LogP contribution in [-0.2, 0) is 6.42 Å². The smallest absolute Gasteiger partial charge is 0.282 e. The molecule has 0 atom stereocenters. The summed E-state index contributed by atoms with van der Waals surface area (Å²) in [4.78, 5) is 23.6. The molecule has 1 N–H and O–H groups in total. The van der Waals surface area contributed by atoms with Crippen LogP contribution in [0, 0.1) is 10.1 Å². The van der Waals surface area contributed by atoms with Gasteiger partial charge in [-0.25, -0.2) is 0 Å². The molecule has 0 spiro atoms. The van der Waals surface area contributed by atoms with Crippen LogP contribution in [0.4, 0.5) is 5.69 Å². The normalized spacial score (nSPS) is 10.5. The first-order valence-corrected chi connectivity index (χ1v) is 8.95. The highest BCUT2D eigenvalue weighted by molar-refractivity contribution is 7.98. The lowest BCUT2D eigenvalue weighted by atomic mass is 10.1. The third-order valence-corrected chi connectivity index (χ3v) is 4.94. The van der Waals surface area contributed by atoms with Gasteiger partial charge >= 0.3 is 0 Å². The molecule has 126 valence electrons. The van der Waals surface area contributed by atoms with Gasteiger partial charge in [-0.2, -0.15) is 0 Å². The van der Waals surface area contributed by atoms with Crippen molar-refractivity contribution in [2.24, 2.45) is 0 Å². The first kappa shape index (κ1) is 18.6. The quantitative estimate of drug-likeness (QED) is 0.448. The van der Waals surface area contributed by atoms with Crippen LogP contribution in [0.25, 0.3) is 0 Å². The number of nitrogens with one attached hydrogen (secondary N) is 1. The zero-order chi connectivity index (χ0) is 17.7. The highest BCUT2D eigenvalue weighted by Crippen LogP contribution is 2.26. The second-order valence-corrected chi connectivity index (χ2v) is 6.52. The maximum atomic E-state index is 12.3. The number of amides is 1. The summed E-state index contributed by atoms with van der Waals surface area (Å²) in [5, 5.41) is 14.7. The lowest BCUT2D eigenvalue weighted by molar-refractivity contribution is -0.385. The van der Waals surface area contributed by atoms with E-state index in [0.29, 0.717) is 23.0 Å². The van der Waals surface area contributed by atoms with Crippen LogP contribution < -0.4 is 5.32 Å². The summed E-state index contributed by atoms with van der Waals surface area (Å²) in [5.74, 6) is -0.490. The summed E-state index contributed by atoms with van der Waals surface area (Å²) in [6, 6.07) is 9.75. The Labute approximate surface area is 153 Å². The molecule has 0 saturated carbocycles. The fourth-order valence-electron chi connectivity index (χ4n) is 2.13. The summed E-state index contributed by atoms with van der Waals surface area (Å²) in [6.45, 7) is 0.291. The molecule has 0 aliphatic rings. The number of carbonyl (C=O) groups excluding carboxylic acids is 1. The average molecular weight is 385 g/mol. The van der Waals surface area contributed by atoms with E-state index in [1.165, 1.54) is 23.9 Å². The van der Waals surface area contributed by atoms with Gasteiger partial charge in [-0.1, -0.05) is 35.3 Å². The topological polar surface area (TPSA) is 72.2 Å². The number of thioether (sulfide) groups is 1. The summed E-state index contributed by atoms with van der Waals surface area (Å²) >= 11 is 13.4. The molecule has 0 radical (unpaired) electrons. The van der Waals surface area contributed by atoms with Gasteiger partial charge in [-0.05, 0) is 36.4 Å². The lowest BCUT2D eigenvalue weighted by Crippen LogP contribution is -2.26. The molecular formula is C16H14Cl2N2O3S. The van der Waals surface area contributed by atoms with Crippen LogP contribution in [0.3, 0.4) is 0 Å². The van der Waals surface area contributed by atoms with Gasteiger partial charge in [0.1, 0.15) is 5.56 Å². The Kier molecular flexibility index (Phi) is 6.48. The van der Waals surface area contributed by atoms with Crippen molar-refractivity contribution in [3.05, 3.63) is 67.7 Å². The minimum atomic E-state index is -0.563. The third kappa shape index (κ3) is 4.41. The maximum absolute atomic E-state index is 12.3. The first-order valence-electron chi connectivity index (χ1n) is 6.97. The molecule has 8 heteroatoms. The van der Waals surface area contributed by atoms with Crippen LogP contribution in [0.1, 0.15) is 15.9 Å². The molecule has 5 nitrogen and oxygen atoms in total. The molecule has 0 bridgehead atoms. The molecule has 0 saturated heterocycles. The van der Waals surface area contributed by atoms with Crippen molar-refractivity contribution in [3.63, 3.8) is 0 Å². The highest BCUT2D eigenvalue weighted by atomic mass is 35.5. The summed E-state index contributed by atoms with van der Waals surface area (Å²) < 4.78 is 0. The van der Waals surface area contributed by atoms with E-state index in [0.717, 1.165) is 10.5 Å². The van der Waals surface area contributed by atoms with Gasteiger partial charge in [0.2, 0.25) is 0 Å². The van der Waals surface area contributed by atoms with Gasteiger partial charge in [-0.3, -0.25) is 14.9 Å². The zero-order valence-corrected chi connectivity index (χ0v) is 15.0. The second-order valence-electron chi connectivity index (χ2n) is 4.86. The van der Waals surface area contributed by atoms with Crippen molar-refractivity contribution in [1.29, 1.82) is 0 Å². The minimum absolute atomic E-state index is 0.0454. The van der Waals surface area contributed by atoms with Crippen LogP contribution >= 0.6 is 35.0 Å². The van der Waals surface area contributed by atoms with E-state index >= 15 is 0 Å². The molecule has 0 aromatic heterocycles. The molecule has 2 aromatic rings. The van der Waals surface area contributed by atoms with Crippen molar-refractivity contribution >= 4 is 46.6 Å². The fourth-order valence-corrected chi connectivity index (χ4v) is 2.99. The van der Waals surface area contributed by atoms with Crippen molar-refractivity contribution in [1.82, 2.24) is 5.32 Å². The molecular weight excluding hydrogens is 371 g/mol. The van der Waals surface area contributed by atoms with Gasteiger partial charge in [-0.15, -0.1) is 11.8 Å². The number of benzene rings is 2. The van der Waals surface area contributed by atoms with E-state index in [-0.39, 0.29) is 11.3 Å². The Morgan fingerprint density at radius 1 is 1.29 bits per heavy atom. The van der Waals surface area contributed by atoms with E-state index in [1.54, 1.807) is 18.2 Å². The predicted octanol–water partition coefficient (Wildman–Crippen LogP) is 4.60. The van der Waals surface area contributed by atoms with E-state index in [4.69, 9.17) is 23.2 Å². The van der Waals surface area contributed by atoms with Crippen molar-refractivity contribution < 1.29 is 9.72 Å². The minimum Gasteiger partial charge on any atom is -0.351 e. The molecule has 0 fully saturated rings. The Morgan fingerprint density at radius 3 is 2.71 bits per heavy atom. The molecule has 1 amide bonds. The molecule has 2 aromatic carbocycles. The number of nitro groups is 1. The number of carbonyl (C=O) groups is 1. The first-order chi connectivity index (χ1) is 11.4. The highest BCUT2D eigenvalue weighted by Gasteiger charge is 2.20. The number of nitrogens with zero attached hydrogens (tertiary/aromatic N) is 1. The standard InChI is InChI=1S/C16H14Cl2N2O3S/c1-24-11-5-6-14(20(22)23)12(9-11)16(21)19-8-7-10-3-2-4-13(17)15(10)18/h2-6,9H,7-8H2,1H3,(H,19,21). The second kappa shape index (κ2) is 8.37. The van der Waals surface area contributed by atoms with Crippen LogP contribution in [0.2, 0.25) is 10.0 Å². The molecule has 0 heterocycles. The third-order valence-electron chi connectivity index (χ3n) is 3.36. The number of halogens is 2. The van der Waals surface area contributed by atoms with Gasteiger partial charge in [0.05, 0.1) is 15.0 Å². The number of rotatable bonds is 6. The van der Waals surface area contributed by atoms with Crippen molar-refractivity contribution in [2.45, 2.75) is 11.3 Å². The molecule has 0 aliphatic carbocycles. The van der Waals surface area contributed by atoms with E-state index in [2.05, 4.69) is 5.32 Å². The van der Waals surface area contributed by atoms with Crippen molar-refractivity contribution in [2.75, 3.05) is 12.8 Å². The van der Waals surface area contributed by atoms with Gasteiger partial charge in [0.25, 0.3) is 11.6 Å². The van der Waals surface area contributed by atoms with Crippen LogP contribution in [0.5, 0.6) is 0 Å². The van der Waals surface area contributed by atoms with Gasteiger partial charge in [0.15, 0.2) is 0 Å². The predicted molar refractivity (Wildman–Crippen MR) is 97.4 cm³/mol. The molecule has 2 rings (SSSR count). The Hall–Kier alpha value is -1.76. The maximum Gasteiger partial charge on any atom is 0.282 e. The number of hydrogen-bond acceptors (Lipinski definition) is 4. The average Bonchev–Trinajstić information content (AvgIpc) is 2.57. The summed E-state index contributed by atoms with van der Waals surface area (Å²) in [5.41, 5.74) is 0.631. The van der Waals surface area contributed by atoms with E-state index < -0.39 is 10.8 Å². The molecule has 0 unspecified atom stereocenters. The largest absolute Gasteiger partial charge is 0.351 e. The van der Waals surface area contributed by atoms with E-state index in [9.17, 15) is 14.9 Å². The van der Waals surface area contributed by atoms with Crippen LogP contribution in [-0.4, -0.2) is 23.6 Å². The number of nitro benzene ring substituents is 1. The molecule has 0 aliphatic heterocycles. The zero-order valence-electron chi connectivity index (χ0n) is 12.7. The van der Waals surface area contributed by atoms with Gasteiger partial charge in [0, 0.05) is 17.5 Å².